The molecule has 1 aliphatic rings. The molecule has 0 atom stereocenters. The molecule has 3 nitrogen and oxygen atoms in total. The van der Waals surface area contributed by atoms with E-state index in [9.17, 15) is 4.39 Å². The molecular weight excluding hydrogens is 291 g/mol. The first kappa shape index (κ1) is 16.7. The molecule has 0 saturated carbocycles. The van der Waals surface area contributed by atoms with E-state index >= 15 is 0 Å². The predicted octanol–water partition coefficient (Wildman–Crippen LogP) is 2.93. The Bertz CT molecular complexity index is 436. The van der Waals surface area contributed by atoms with Crippen molar-refractivity contribution >= 4 is 11.6 Å². The van der Waals surface area contributed by atoms with Crippen molar-refractivity contribution in [1.29, 1.82) is 0 Å². The van der Waals surface area contributed by atoms with E-state index in [0.29, 0.717) is 17.5 Å². The Morgan fingerprint density at radius 1 is 1.38 bits per heavy atom. The topological polar surface area (TPSA) is 24.5 Å². The van der Waals surface area contributed by atoms with Gasteiger partial charge < -0.3 is 10.1 Å². The third kappa shape index (κ3) is 5.55. The molecule has 1 aromatic rings. The van der Waals surface area contributed by atoms with Crippen molar-refractivity contribution in [3.8, 4) is 0 Å². The molecule has 1 fully saturated rings. The van der Waals surface area contributed by atoms with Gasteiger partial charge in [-0.05, 0) is 50.5 Å². The van der Waals surface area contributed by atoms with Crippen molar-refractivity contribution in [3.63, 3.8) is 0 Å². The van der Waals surface area contributed by atoms with Crippen LogP contribution >= 0.6 is 11.6 Å². The predicted molar refractivity (Wildman–Crippen MR) is 84.2 cm³/mol. The van der Waals surface area contributed by atoms with Crippen LogP contribution in [0.25, 0.3) is 0 Å². The number of nitrogens with one attached hydrogen (secondary N) is 1. The van der Waals surface area contributed by atoms with Crippen LogP contribution in [0.2, 0.25) is 5.02 Å². The molecule has 1 saturated heterocycles. The lowest BCUT2D eigenvalue weighted by molar-refractivity contribution is 0.167. The van der Waals surface area contributed by atoms with Crippen molar-refractivity contribution in [2.75, 3.05) is 39.9 Å². The van der Waals surface area contributed by atoms with E-state index in [1.165, 1.54) is 6.07 Å². The molecule has 0 unspecified atom stereocenters. The van der Waals surface area contributed by atoms with Gasteiger partial charge in [-0.2, -0.15) is 0 Å². The molecule has 2 rings (SSSR count). The number of rotatable bonds is 7. The van der Waals surface area contributed by atoms with E-state index in [-0.39, 0.29) is 5.82 Å². The maximum absolute atomic E-state index is 13.8. The van der Waals surface area contributed by atoms with E-state index in [1.54, 1.807) is 19.2 Å². The zero-order chi connectivity index (χ0) is 15.1. The van der Waals surface area contributed by atoms with Gasteiger partial charge in [-0.15, -0.1) is 0 Å². The fourth-order valence-electron chi connectivity index (χ4n) is 2.72. The summed E-state index contributed by atoms with van der Waals surface area (Å²) in [6, 6.07) is 4.94. The molecule has 0 aliphatic carbocycles. The Labute approximate surface area is 131 Å². The monoisotopic (exact) mass is 314 g/mol. The van der Waals surface area contributed by atoms with Gasteiger partial charge in [-0.1, -0.05) is 17.7 Å². The summed E-state index contributed by atoms with van der Waals surface area (Å²) in [4.78, 5) is 2.32. The molecule has 0 radical (unpaired) electrons. The molecule has 0 amide bonds. The minimum Gasteiger partial charge on any atom is -0.383 e. The van der Waals surface area contributed by atoms with Crippen LogP contribution < -0.4 is 5.32 Å². The van der Waals surface area contributed by atoms with Gasteiger partial charge in [0.1, 0.15) is 5.82 Å². The average molecular weight is 315 g/mol. The summed E-state index contributed by atoms with van der Waals surface area (Å²) in [5, 5.41) is 3.87. The van der Waals surface area contributed by atoms with Crippen LogP contribution in [0.1, 0.15) is 18.4 Å². The Hall–Kier alpha value is -0.680. The summed E-state index contributed by atoms with van der Waals surface area (Å²) >= 11 is 5.78. The smallest absolute Gasteiger partial charge is 0.129 e. The van der Waals surface area contributed by atoms with Crippen molar-refractivity contribution < 1.29 is 9.13 Å². The fraction of sp³-hybridized carbons (Fsp3) is 0.625. The lowest BCUT2D eigenvalue weighted by Gasteiger charge is -2.32. The summed E-state index contributed by atoms with van der Waals surface area (Å²) in [5.74, 6) is 0.513. The molecular formula is C16H24ClFN2O. The van der Waals surface area contributed by atoms with Crippen molar-refractivity contribution in [3.05, 3.63) is 34.6 Å². The largest absolute Gasteiger partial charge is 0.383 e. The van der Waals surface area contributed by atoms with Gasteiger partial charge in [0, 0.05) is 30.8 Å². The third-order valence-electron chi connectivity index (χ3n) is 4.03. The zero-order valence-corrected chi connectivity index (χ0v) is 13.3. The number of hydrogen-bond acceptors (Lipinski definition) is 3. The van der Waals surface area contributed by atoms with E-state index in [2.05, 4.69) is 10.2 Å². The van der Waals surface area contributed by atoms with Crippen LogP contribution in [0.3, 0.4) is 0 Å². The van der Waals surface area contributed by atoms with Crippen LogP contribution in [-0.4, -0.2) is 44.8 Å². The van der Waals surface area contributed by atoms with Gasteiger partial charge in [0.25, 0.3) is 0 Å². The van der Waals surface area contributed by atoms with Crippen molar-refractivity contribution in [2.45, 2.75) is 19.4 Å². The SMILES string of the molecule is COCCNCC1CCN(Cc2ccc(Cl)cc2F)CC1. The zero-order valence-electron chi connectivity index (χ0n) is 12.6. The molecule has 0 aromatic heterocycles. The maximum atomic E-state index is 13.8. The van der Waals surface area contributed by atoms with E-state index < -0.39 is 0 Å². The summed E-state index contributed by atoms with van der Waals surface area (Å²) in [7, 11) is 1.72. The number of likely N-dealkylation sites (tertiary alicyclic amines) is 1. The highest BCUT2D eigenvalue weighted by Gasteiger charge is 2.19. The van der Waals surface area contributed by atoms with Crippen molar-refractivity contribution in [2.24, 2.45) is 5.92 Å². The first-order valence-corrected chi connectivity index (χ1v) is 7.92. The molecule has 21 heavy (non-hydrogen) atoms. The van der Waals surface area contributed by atoms with E-state index in [1.807, 2.05) is 0 Å². The van der Waals surface area contributed by atoms with Gasteiger partial charge >= 0.3 is 0 Å². The average Bonchev–Trinajstić information content (AvgIpc) is 2.48. The lowest BCUT2D eigenvalue weighted by atomic mass is 9.96. The van der Waals surface area contributed by atoms with Gasteiger partial charge in [0.2, 0.25) is 0 Å². The number of hydrogen-bond donors (Lipinski definition) is 1. The van der Waals surface area contributed by atoms with Crippen LogP contribution in [0.15, 0.2) is 18.2 Å². The standard InChI is InChI=1S/C16H24ClFN2O/c1-21-9-6-19-11-13-4-7-20(8-5-13)12-14-2-3-15(17)10-16(14)18/h2-3,10,13,19H,4-9,11-12H2,1H3. The fourth-order valence-corrected chi connectivity index (χ4v) is 2.88. The van der Waals surface area contributed by atoms with E-state index in [4.69, 9.17) is 16.3 Å². The van der Waals surface area contributed by atoms with Crippen molar-refractivity contribution in [1.82, 2.24) is 10.2 Å². The van der Waals surface area contributed by atoms with Gasteiger partial charge in [0.15, 0.2) is 0 Å². The van der Waals surface area contributed by atoms with E-state index in [0.717, 1.165) is 51.2 Å². The molecule has 1 aliphatic heterocycles. The highest BCUT2D eigenvalue weighted by molar-refractivity contribution is 6.30. The van der Waals surface area contributed by atoms with Crippen LogP contribution in [0, 0.1) is 11.7 Å². The second-order valence-electron chi connectivity index (χ2n) is 5.65. The number of nitrogens with zero attached hydrogens (tertiary/aromatic N) is 1. The normalized spacial score (nSPS) is 17.3. The number of ether oxygens (including phenoxy) is 1. The van der Waals surface area contributed by atoms with Crippen LogP contribution in [-0.2, 0) is 11.3 Å². The second-order valence-corrected chi connectivity index (χ2v) is 6.09. The molecule has 1 aromatic carbocycles. The van der Waals surface area contributed by atoms with Gasteiger partial charge in [0.05, 0.1) is 6.61 Å². The Morgan fingerprint density at radius 3 is 2.81 bits per heavy atom. The molecule has 118 valence electrons. The molecule has 5 heteroatoms. The summed E-state index contributed by atoms with van der Waals surface area (Å²) in [6.07, 6.45) is 2.32. The number of halogens is 2. The molecule has 1 N–H and O–H groups in total. The first-order valence-electron chi connectivity index (χ1n) is 7.55. The van der Waals surface area contributed by atoms with Gasteiger partial charge in [-0.3, -0.25) is 4.90 Å². The Morgan fingerprint density at radius 2 is 2.14 bits per heavy atom. The highest BCUT2D eigenvalue weighted by atomic mass is 35.5. The maximum Gasteiger partial charge on any atom is 0.129 e. The minimum absolute atomic E-state index is 0.203. The van der Waals surface area contributed by atoms with Crippen LogP contribution in [0.5, 0.6) is 0 Å². The third-order valence-corrected chi connectivity index (χ3v) is 4.27. The van der Waals surface area contributed by atoms with Gasteiger partial charge in [-0.25, -0.2) is 4.39 Å². The summed E-state index contributed by atoms with van der Waals surface area (Å²) in [5.41, 5.74) is 0.732. The highest BCUT2D eigenvalue weighted by Crippen LogP contribution is 2.21. The minimum atomic E-state index is -0.203. The molecule has 1 heterocycles. The number of piperidine rings is 1. The number of methoxy groups -OCH3 is 1. The Balaban J connectivity index is 1.71. The molecule has 0 spiro atoms. The Kier molecular flexibility index (Phi) is 6.90. The second kappa shape index (κ2) is 8.69. The molecule has 0 bridgehead atoms. The summed E-state index contributed by atoms with van der Waals surface area (Å²) in [6.45, 7) is 5.44. The first-order chi connectivity index (χ1) is 10.2. The number of benzene rings is 1. The van der Waals surface area contributed by atoms with Crippen LogP contribution in [0.4, 0.5) is 4.39 Å². The lowest BCUT2D eigenvalue weighted by Crippen LogP contribution is -2.37. The quantitative estimate of drug-likeness (QED) is 0.783. The summed E-state index contributed by atoms with van der Waals surface area (Å²) < 4.78 is 18.8.